The topological polar surface area (TPSA) is 113 Å². The number of methoxy groups -OCH3 is 1. The number of hydrogen-bond acceptors (Lipinski definition) is 5. The van der Waals surface area contributed by atoms with E-state index in [0.29, 0.717) is 0 Å². The van der Waals surface area contributed by atoms with Gasteiger partial charge in [-0.2, -0.15) is 0 Å². The summed E-state index contributed by atoms with van der Waals surface area (Å²) in [4.78, 5) is 48.4. The minimum absolute atomic E-state index is 0.0207. The lowest BCUT2D eigenvalue weighted by Gasteiger charge is -2.29. The fraction of sp³-hybridized carbons (Fsp3) is 0.375. The van der Waals surface area contributed by atoms with Gasteiger partial charge in [0.1, 0.15) is 6.54 Å². The van der Waals surface area contributed by atoms with E-state index in [1.54, 1.807) is 12.1 Å². The first-order chi connectivity index (χ1) is 11.3. The molecule has 8 nitrogen and oxygen atoms in total. The SMILES string of the molecule is COCC(C)(CC(=O)O)NC(=O)CN1C(=O)c2ccccc2C1=O. The smallest absolute Gasteiger partial charge is 0.305 e. The molecule has 0 aliphatic carbocycles. The van der Waals surface area contributed by atoms with E-state index in [0.717, 1.165) is 4.90 Å². The van der Waals surface area contributed by atoms with Crippen LogP contribution in [0, 0.1) is 0 Å². The molecule has 1 unspecified atom stereocenters. The first-order valence-electron chi connectivity index (χ1n) is 7.24. The van der Waals surface area contributed by atoms with Gasteiger partial charge in [0.05, 0.1) is 29.7 Å². The van der Waals surface area contributed by atoms with Gasteiger partial charge in [-0.05, 0) is 19.1 Å². The standard InChI is InChI=1S/C16H18N2O6/c1-16(9-24-2,7-13(20)21)17-12(19)8-18-14(22)10-5-3-4-6-11(10)15(18)23/h3-6H,7-9H2,1-2H3,(H,17,19)(H,20,21). The molecule has 1 atom stereocenters. The van der Waals surface area contributed by atoms with Gasteiger partial charge < -0.3 is 15.2 Å². The maximum atomic E-state index is 12.2. The Balaban J connectivity index is 2.09. The van der Waals surface area contributed by atoms with Crippen LogP contribution in [0.2, 0.25) is 0 Å². The molecule has 1 aliphatic heterocycles. The molecule has 2 N–H and O–H groups in total. The zero-order chi connectivity index (χ0) is 17.9. The highest BCUT2D eigenvalue weighted by atomic mass is 16.5. The molecule has 3 amide bonds. The maximum Gasteiger partial charge on any atom is 0.305 e. The summed E-state index contributed by atoms with van der Waals surface area (Å²) in [7, 11) is 1.39. The number of carbonyl (C=O) groups is 4. The molecule has 1 heterocycles. The lowest BCUT2D eigenvalue weighted by atomic mass is 9.99. The van der Waals surface area contributed by atoms with Gasteiger partial charge in [-0.3, -0.25) is 24.1 Å². The second-order valence-corrected chi connectivity index (χ2v) is 5.85. The number of nitrogens with one attached hydrogen (secondary N) is 1. The van der Waals surface area contributed by atoms with Gasteiger partial charge in [0.2, 0.25) is 5.91 Å². The average Bonchev–Trinajstić information content (AvgIpc) is 2.72. The summed E-state index contributed by atoms with van der Waals surface area (Å²) in [6.45, 7) is 1.02. The monoisotopic (exact) mass is 334 g/mol. The summed E-state index contributed by atoms with van der Waals surface area (Å²) in [5, 5.41) is 11.5. The van der Waals surface area contributed by atoms with Gasteiger partial charge in [-0.25, -0.2) is 0 Å². The molecule has 128 valence electrons. The molecule has 1 aromatic carbocycles. The Hall–Kier alpha value is -2.74. The number of nitrogens with zero attached hydrogens (tertiary/aromatic N) is 1. The summed E-state index contributed by atoms with van der Waals surface area (Å²) in [6.07, 6.45) is -0.352. The van der Waals surface area contributed by atoms with E-state index in [4.69, 9.17) is 9.84 Å². The van der Waals surface area contributed by atoms with Crippen molar-refractivity contribution in [1.29, 1.82) is 0 Å². The van der Waals surface area contributed by atoms with Crippen molar-refractivity contribution in [2.45, 2.75) is 18.9 Å². The van der Waals surface area contributed by atoms with Crippen LogP contribution in [0.15, 0.2) is 24.3 Å². The van der Waals surface area contributed by atoms with Crippen molar-refractivity contribution in [2.75, 3.05) is 20.3 Å². The van der Waals surface area contributed by atoms with Crippen molar-refractivity contribution in [1.82, 2.24) is 10.2 Å². The van der Waals surface area contributed by atoms with Crippen LogP contribution in [-0.4, -0.2) is 59.5 Å². The summed E-state index contributed by atoms with van der Waals surface area (Å²) in [5.41, 5.74) is -0.642. The number of imide groups is 1. The molecule has 0 saturated heterocycles. The van der Waals surface area contributed by atoms with E-state index in [-0.39, 0.29) is 24.2 Å². The molecule has 0 radical (unpaired) electrons. The third-order valence-electron chi connectivity index (χ3n) is 3.63. The van der Waals surface area contributed by atoms with Crippen LogP contribution in [0.25, 0.3) is 0 Å². The normalized spacial score (nSPS) is 15.8. The quantitative estimate of drug-likeness (QED) is 0.693. The Morgan fingerprint density at radius 3 is 2.21 bits per heavy atom. The number of rotatable bonds is 7. The number of amides is 3. The molecule has 0 saturated carbocycles. The summed E-state index contributed by atoms with van der Waals surface area (Å²) >= 11 is 0. The van der Waals surface area contributed by atoms with E-state index in [9.17, 15) is 19.2 Å². The predicted octanol–water partition coefficient (Wildman–Crippen LogP) is 0.279. The lowest BCUT2D eigenvalue weighted by Crippen LogP contribution is -2.53. The number of ether oxygens (including phenoxy) is 1. The summed E-state index contributed by atoms with van der Waals surface area (Å²) in [5.74, 6) is -2.82. The average molecular weight is 334 g/mol. The lowest BCUT2D eigenvalue weighted by molar-refractivity contribution is -0.139. The molecule has 0 bridgehead atoms. The number of benzene rings is 1. The molecular weight excluding hydrogens is 316 g/mol. The van der Waals surface area contributed by atoms with Crippen molar-refractivity contribution >= 4 is 23.7 Å². The Morgan fingerprint density at radius 2 is 1.75 bits per heavy atom. The minimum Gasteiger partial charge on any atom is -0.481 e. The first-order valence-corrected chi connectivity index (χ1v) is 7.24. The Labute approximate surface area is 138 Å². The largest absolute Gasteiger partial charge is 0.481 e. The number of aliphatic carboxylic acids is 1. The van der Waals surface area contributed by atoms with Gasteiger partial charge in [0.25, 0.3) is 11.8 Å². The zero-order valence-electron chi connectivity index (χ0n) is 13.4. The summed E-state index contributed by atoms with van der Waals surface area (Å²) < 4.78 is 4.95. The van der Waals surface area contributed by atoms with Crippen molar-refractivity contribution in [2.24, 2.45) is 0 Å². The van der Waals surface area contributed by atoms with Crippen LogP contribution in [0.3, 0.4) is 0 Å². The molecule has 24 heavy (non-hydrogen) atoms. The van der Waals surface area contributed by atoms with Crippen molar-refractivity contribution in [3.05, 3.63) is 35.4 Å². The third kappa shape index (κ3) is 3.60. The fourth-order valence-corrected chi connectivity index (χ4v) is 2.69. The van der Waals surface area contributed by atoms with Crippen molar-refractivity contribution in [3.8, 4) is 0 Å². The number of carbonyl (C=O) groups excluding carboxylic acids is 3. The van der Waals surface area contributed by atoms with Crippen molar-refractivity contribution < 1.29 is 29.0 Å². The fourth-order valence-electron chi connectivity index (χ4n) is 2.69. The summed E-state index contributed by atoms with van der Waals surface area (Å²) in [6, 6.07) is 6.31. The molecule has 0 fully saturated rings. The van der Waals surface area contributed by atoms with Gasteiger partial charge in [-0.15, -0.1) is 0 Å². The highest BCUT2D eigenvalue weighted by molar-refractivity contribution is 6.22. The number of hydrogen-bond donors (Lipinski definition) is 2. The molecular formula is C16H18N2O6. The van der Waals surface area contributed by atoms with Gasteiger partial charge in [-0.1, -0.05) is 12.1 Å². The molecule has 0 spiro atoms. The highest BCUT2D eigenvalue weighted by Gasteiger charge is 2.37. The predicted molar refractivity (Wildman–Crippen MR) is 82.5 cm³/mol. The highest BCUT2D eigenvalue weighted by Crippen LogP contribution is 2.22. The van der Waals surface area contributed by atoms with Crippen LogP contribution in [-0.2, 0) is 14.3 Å². The van der Waals surface area contributed by atoms with Crippen LogP contribution in [0.4, 0.5) is 0 Å². The van der Waals surface area contributed by atoms with E-state index >= 15 is 0 Å². The van der Waals surface area contributed by atoms with E-state index in [2.05, 4.69) is 5.32 Å². The van der Waals surface area contributed by atoms with Crippen LogP contribution >= 0.6 is 0 Å². The van der Waals surface area contributed by atoms with Gasteiger partial charge in [0, 0.05) is 7.11 Å². The second-order valence-electron chi connectivity index (χ2n) is 5.85. The molecule has 2 rings (SSSR count). The third-order valence-corrected chi connectivity index (χ3v) is 3.63. The Bertz CT molecular complexity index is 667. The molecule has 8 heteroatoms. The molecule has 1 aliphatic rings. The van der Waals surface area contributed by atoms with Gasteiger partial charge >= 0.3 is 5.97 Å². The maximum absolute atomic E-state index is 12.2. The van der Waals surface area contributed by atoms with Crippen LogP contribution in [0.1, 0.15) is 34.1 Å². The van der Waals surface area contributed by atoms with E-state index < -0.39 is 35.8 Å². The number of fused-ring (bicyclic) bond motifs is 1. The first kappa shape index (κ1) is 17.6. The van der Waals surface area contributed by atoms with Crippen LogP contribution in [0.5, 0.6) is 0 Å². The molecule has 0 aromatic heterocycles. The molecule has 1 aromatic rings. The van der Waals surface area contributed by atoms with Crippen molar-refractivity contribution in [3.63, 3.8) is 0 Å². The number of carboxylic acid groups (broad SMARTS) is 1. The van der Waals surface area contributed by atoms with Crippen LogP contribution < -0.4 is 5.32 Å². The number of carboxylic acids is 1. The van der Waals surface area contributed by atoms with E-state index in [1.807, 2.05) is 0 Å². The Kier molecular flexibility index (Phi) is 4.99. The minimum atomic E-state index is -1.14. The second kappa shape index (κ2) is 6.79. The zero-order valence-corrected chi connectivity index (χ0v) is 13.4. The van der Waals surface area contributed by atoms with E-state index in [1.165, 1.54) is 26.2 Å². The van der Waals surface area contributed by atoms with Gasteiger partial charge in [0.15, 0.2) is 0 Å². The Morgan fingerprint density at radius 1 is 1.21 bits per heavy atom.